The first-order chi connectivity index (χ1) is 10.2. The molecule has 0 saturated heterocycles. The second-order valence-corrected chi connectivity index (χ2v) is 4.29. The van der Waals surface area contributed by atoms with Crippen LogP contribution in [-0.4, -0.2) is 17.4 Å². The molecule has 1 heterocycles. The number of aromatic nitrogens is 1. The highest BCUT2D eigenvalue weighted by atomic mass is 19.1. The van der Waals surface area contributed by atoms with Gasteiger partial charge in [0.05, 0.1) is 13.0 Å². The minimum Gasteiger partial charge on any atom is -0.320 e. The van der Waals surface area contributed by atoms with E-state index in [-0.39, 0.29) is 24.7 Å². The summed E-state index contributed by atoms with van der Waals surface area (Å²) in [5, 5.41) is 2.66. The van der Waals surface area contributed by atoms with Gasteiger partial charge in [-0.05, 0) is 29.8 Å². The number of benzene rings is 1. The highest BCUT2D eigenvalue weighted by molar-refractivity contribution is 5.91. The molecule has 0 spiro atoms. The summed E-state index contributed by atoms with van der Waals surface area (Å²) in [7, 11) is 0. The van der Waals surface area contributed by atoms with Crippen LogP contribution in [0.5, 0.6) is 0 Å². The van der Waals surface area contributed by atoms with Crippen LogP contribution in [0.2, 0.25) is 0 Å². The Balaban J connectivity index is 2.02. The third-order valence-electron chi connectivity index (χ3n) is 2.62. The smallest absolute Gasteiger partial charge is 0.229 e. The summed E-state index contributed by atoms with van der Waals surface area (Å²) in [5.74, 6) is 5.36. The Morgan fingerprint density at radius 2 is 2.19 bits per heavy atom. The van der Waals surface area contributed by atoms with Gasteiger partial charge in [0, 0.05) is 11.8 Å². The molecule has 0 aliphatic rings. The molecule has 0 radical (unpaired) electrons. The number of hydrogen-bond donors (Lipinski definition) is 2. The molecule has 0 unspecified atom stereocenters. The number of nitrogens with zero attached hydrogens (tertiary/aromatic N) is 1. The van der Waals surface area contributed by atoms with Gasteiger partial charge in [0.1, 0.15) is 11.6 Å². The molecule has 0 fully saturated rings. The fraction of sp³-hybridized carbons (Fsp3) is 0.125. The van der Waals surface area contributed by atoms with Gasteiger partial charge in [0.25, 0.3) is 0 Å². The average molecular weight is 283 g/mol. The van der Waals surface area contributed by atoms with Gasteiger partial charge < -0.3 is 11.1 Å². The topological polar surface area (TPSA) is 68.0 Å². The van der Waals surface area contributed by atoms with E-state index in [0.29, 0.717) is 11.4 Å². The van der Waals surface area contributed by atoms with E-state index in [4.69, 9.17) is 5.73 Å². The zero-order valence-electron chi connectivity index (χ0n) is 11.3. The maximum Gasteiger partial charge on any atom is 0.229 e. The highest BCUT2D eigenvalue weighted by Gasteiger charge is 2.06. The van der Waals surface area contributed by atoms with E-state index in [2.05, 4.69) is 22.1 Å². The Morgan fingerprint density at radius 1 is 1.33 bits per heavy atom. The predicted molar refractivity (Wildman–Crippen MR) is 78.9 cm³/mol. The molecular formula is C16H14FN3O. The van der Waals surface area contributed by atoms with Crippen molar-refractivity contribution in [3.63, 3.8) is 0 Å². The summed E-state index contributed by atoms with van der Waals surface area (Å²) in [4.78, 5) is 15.9. The van der Waals surface area contributed by atoms with Crippen molar-refractivity contribution in [3.8, 4) is 11.8 Å². The van der Waals surface area contributed by atoms with Crippen molar-refractivity contribution >= 4 is 11.7 Å². The summed E-state index contributed by atoms with van der Waals surface area (Å²) >= 11 is 0. The number of hydrogen-bond acceptors (Lipinski definition) is 3. The van der Waals surface area contributed by atoms with Crippen LogP contribution in [0.4, 0.5) is 10.2 Å². The van der Waals surface area contributed by atoms with E-state index in [9.17, 15) is 9.18 Å². The molecule has 2 rings (SSSR count). The lowest BCUT2D eigenvalue weighted by molar-refractivity contribution is -0.115. The van der Waals surface area contributed by atoms with E-state index in [0.717, 1.165) is 5.56 Å². The van der Waals surface area contributed by atoms with Crippen molar-refractivity contribution in [2.75, 3.05) is 11.9 Å². The Bertz CT molecular complexity index is 704. The third kappa shape index (κ3) is 4.71. The number of anilines is 1. The number of carbonyl (C=O) groups is 1. The molecule has 0 bridgehead atoms. The average Bonchev–Trinajstić information content (AvgIpc) is 2.45. The molecule has 0 saturated carbocycles. The number of pyridine rings is 1. The van der Waals surface area contributed by atoms with Gasteiger partial charge in [0.2, 0.25) is 5.91 Å². The van der Waals surface area contributed by atoms with E-state index in [1.54, 1.807) is 30.5 Å². The Morgan fingerprint density at radius 3 is 2.95 bits per heavy atom. The number of nitrogens with one attached hydrogen (secondary N) is 1. The van der Waals surface area contributed by atoms with Crippen LogP contribution in [0.25, 0.3) is 0 Å². The summed E-state index contributed by atoms with van der Waals surface area (Å²) < 4.78 is 13.0. The molecule has 1 aromatic carbocycles. The lowest BCUT2D eigenvalue weighted by Gasteiger charge is -2.05. The van der Waals surface area contributed by atoms with Gasteiger partial charge in [-0.3, -0.25) is 4.79 Å². The Kier molecular flexibility index (Phi) is 5.02. The van der Waals surface area contributed by atoms with Crippen molar-refractivity contribution in [3.05, 3.63) is 59.5 Å². The molecule has 0 aliphatic heterocycles. The van der Waals surface area contributed by atoms with E-state index in [1.165, 1.54) is 12.1 Å². The molecule has 21 heavy (non-hydrogen) atoms. The zero-order valence-corrected chi connectivity index (χ0v) is 11.3. The second kappa shape index (κ2) is 7.17. The van der Waals surface area contributed by atoms with Crippen LogP contribution in [0.3, 0.4) is 0 Å². The number of rotatable bonds is 3. The molecule has 4 nitrogen and oxygen atoms in total. The predicted octanol–water partition coefficient (Wildman–Crippen LogP) is 1.71. The van der Waals surface area contributed by atoms with Gasteiger partial charge in [0.15, 0.2) is 0 Å². The van der Waals surface area contributed by atoms with Crippen molar-refractivity contribution in [1.29, 1.82) is 0 Å². The van der Waals surface area contributed by atoms with Crippen LogP contribution >= 0.6 is 0 Å². The van der Waals surface area contributed by atoms with E-state index >= 15 is 0 Å². The molecule has 2 aromatic rings. The first-order valence-electron chi connectivity index (χ1n) is 6.36. The first kappa shape index (κ1) is 14.7. The third-order valence-corrected chi connectivity index (χ3v) is 2.62. The molecule has 106 valence electrons. The quantitative estimate of drug-likeness (QED) is 0.843. The minimum absolute atomic E-state index is 0.0815. The monoisotopic (exact) mass is 283 g/mol. The summed E-state index contributed by atoms with van der Waals surface area (Å²) in [6.45, 7) is 0.267. The molecule has 1 amide bonds. The van der Waals surface area contributed by atoms with Crippen LogP contribution in [0, 0.1) is 17.7 Å². The molecule has 1 aromatic heterocycles. The summed E-state index contributed by atoms with van der Waals surface area (Å²) in [6.07, 6.45) is 1.64. The number of amides is 1. The van der Waals surface area contributed by atoms with Crippen LogP contribution < -0.4 is 11.1 Å². The standard InChI is InChI=1S/C16H14FN3O/c17-14-5-1-3-13(9-14)11-16(21)20-15-10-12(4-2-7-18)6-8-19-15/h1,3,5-6,8-10H,7,11,18H2,(H,19,20,21). The van der Waals surface area contributed by atoms with Crippen molar-refractivity contribution in [2.24, 2.45) is 5.73 Å². The van der Waals surface area contributed by atoms with Crippen LogP contribution in [0.1, 0.15) is 11.1 Å². The molecule has 0 aliphatic carbocycles. The fourth-order valence-electron chi connectivity index (χ4n) is 1.75. The lowest BCUT2D eigenvalue weighted by Crippen LogP contribution is -2.15. The maximum absolute atomic E-state index is 13.0. The lowest BCUT2D eigenvalue weighted by atomic mass is 10.1. The van der Waals surface area contributed by atoms with E-state index in [1.807, 2.05) is 0 Å². The zero-order chi connectivity index (χ0) is 15.1. The Labute approximate surface area is 122 Å². The molecule has 0 atom stereocenters. The minimum atomic E-state index is -0.363. The van der Waals surface area contributed by atoms with Gasteiger partial charge in [-0.2, -0.15) is 0 Å². The van der Waals surface area contributed by atoms with Crippen molar-refractivity contribution < 1.29 is 9.18 Å². The van der Waals surface area contributed by atoms with Crippen molar-refractivity contribution in [2.45, 2.75) is 6.42 Å². The SMILES string of the molecule is NCC#Cc1ccnc(NC(=O)Cc2cccc(F)c2)c1. The summed E-state index contributed by atoms with van der Waals surface area (Å²) in [5.41, 5.74) is 6.63. The van der Waals surface area contributed by atoms with Crippen LogP contribution in [0.15, 0.2) is 42.6 Å². The number of carbonyl (C=O) groups excluding carboxylic acids is 1. The largest absolute Gasteiger partial charge is 0.320 e. The normalized spacial score (nSPS) is 9.62. The molecule has 3 N–H and O–H groups in total. The van der Waals surface area contributed by atoms with E-state index < -0.39 is 0 Å². The highest BCUT2D eigenvalue weighted by Crippen LogP contribution is 2.08. The molecular weight excluding hydrogens is 269 g/mol. The summed E-state index contributed by atoms with van der Waals surface area (Å²) in [6, 6.07) is 9.31. The fourth-order valence-corrected chi connectivity index (χ4v) is 1.75. The van der Waals surface area contributed by atoms with Gasteiger partial charge in [-0.15, -0.1) is 0 Å². The number of halogens is 1. The first-order valence-corrected chi connectivity index (χ1v) is 6.36. The van der Waals surface area contributed by atoms with Gasteiger partial charge >= 0.3 is 0 Å². The van der Waals surface area contributed by atoms with Crippen molar-refractivity contribution in [1.82, 2.24) is 4.98 Å². The maximum atomic E-state index is 13.0. The Hall–Kier alpha value is -2.71. The van der Waals surface area contributed by atoms with Gasteiger partial charge in [-0.1, -0.05) is 24.0 Å². The van der Waals surface area contributed by atoms with Crippen LogP contribution in [-0.2, 0) is 11.2 Å². The second-order valence-electron chi connectivity index (χ2n) is 4.29. The number of nitrogens with two attached hydrogens (primary N) is 1. The van der Waals surface area contributed by atoms with Gasteiger partial charge in [-0.25, -0.2) is 9.37 Å². The molecule has 5 heteroatoms.